The van der Waals surface area contributed by atoms with Gasteiger partial charge in [-0.05, 0) is 18.2 Å². The van der Waals surface area contributed by atoms with E-state index in [4.69, 9.17) is 5.73 Å². The van der Waals surface area contributed by atoms with E-state index in [0.717, 1.165) is 27.2 Å². The zero-order valence-corrected chi connectivity index (χ0v) is 11.6. The Kier molecular flexibility index (Phi) is 2.66. The fraction of sp³-hybridized carbons (Fsp3) is 0. The predicted molar refractivity (Wildman–Crippen MR) is 85.3 cm³/mol. The van der Waals surface area contributed by atoms with Gasteiger partial charge in [-0.15, -0.1) is 0 Å². The SMILES string of the molecule is NC(=O)c1c(-c2ccncc2)[nH]c2c1ccc1cnccc12. The summed E-state index contributed by atoms with van der Waals surface area (Å²) in [5.41, 5.74) is 8.60. The fourth-order valence-corrected chi connectivity index (χ4v) is 2.82. The van der Waals surface area contributed by atoms with Crippen LogP contribution in [0.1, 0.15) is 10.4 Å². The number of amides is 1. The van der Waals surface area contributed by atoms with Gasteiger partial charge in [-0.1, -0.05) is 12.1 Å². The number of nitrogens with one attached hydrogen (secondary N) is 1. The number of nitrogens with zero attached hydrogens (tertiary/aromatic N) is 2. The third kappa shape index (κ3) is 1.76. The van der Waals surface area contributed by atoms with Gasteiger partial charge in [0.1, 0.15) is 0 Å². The molecule has 4 rings (SSSR count). The van der Waals surface area contributed by atoms with E-state index in [9.17, 15) is 4.79 Å². The number of carbonyl (C=O) groups is 1. The highest BCUT2D eigenvalue weighted by Crippen LogP contribution is 2.33. The van der Waals surface area contributed by atoms with Gasteiger partial charge in [-0.2, -0.15) is 0 Å². The zero-order chi connectivity index (χ0) is 15.1. The van der Waals surface area contributed by atoms with E-state index in [1.807, 2.05) is 30.3 Å². The van der Waals surface area contributed by atoms with Crippen LogP contribution in [-0.2, 0) is 0 Å². The van der Waals surface area contributed by atoms with E-state index >= 15 is 0 Å². The minimum atomic E-state index is -0.452. The van der Waals surface area contributed by atoms with Crippen molar-refractivity contribution in [1.82, 2.24) is 15.0 Å². The molecule has 0 fully saturated rings. The van der Waals surface area contributed by atoms with Gasteiger partial charge in [-0.3, -0.25) is 14.8 Å². The maximum Gasteiger partial charge on any atom is 0.251 e. The molecule has 22 heavy (non-hydrogen) atoms. The third-order valence-corrected chi connectivity index (χ3v) is 3.80. The van der Waals surface area contributed by atoms with E-state index in [1.54, 1.807) is 24.8 Å². The largest absolute Gasteiger partial charge is 0.366 e. The first-order chi connectivity index (χ1) is 10.8. The van der Waals surface area contributed by atoms with E-state index in [0.29, 0.717) is 11.3 Å². The minimum absolute atomic E-state index is 0.452. The van der Waals surface area contributed by atoms with Crippen molar-refractivity contribution < 1.29 is 4.79 Å². The molecule has 3 aromatic heterocycles. The fourth-order valence-electron chi connectivity index (χ4n) is 2.82. The Morgan fingerprint density at radius 2 is 1.73 bits per heavy atom. The molecule has 0 aliphatic carbocycles. The first-order valence-electron chi connectivity index (χ1n) is 6.84. The molecular weight excluding hydrogens is 276 g/mol. The van der Waals surface area contributed by atoms with Crippen LogP contribution in [-0.4, -0.2) is 20.9 Å². The van der Waals surface area contributed by atoms with Crippen LogP contribution in [0.3, 0.4) is 0 Å². The zero-order valence-electron chi connectivity index (χ0n) is 11.6. The lowest BCUT2D eigenvalue weighted by atomic mass is 10.0. The Balaban J connectivity index is 2.15. The van der Waals surface area contributed by atoms with Crippen molar-refractivity contribution in [2.45, 2.75) is 0 Å². The van der Waals surface area contributed by atoms with Crippen molar-refractivity contribution in [3.8, 4) is 11.3 Å². The van der Waals surface area contributed by atoms with E-state index in [1.165, 1.54) is 0 Å². The number of aromatic nitrogens is 3. The summed E-state index contributed by atoms with van der Waals surface area (Å²) in [5.74, 6) is -0.452. The normalized spacial score (nSPS) is 11.1. The molecule has 0 aliphatic rings. The van der Waals surface area contributed by atoms with Crippen LogP contribution in [0.25, 0.3) is 32.9 Å². The molecule has 4 aromatic rings. The number of benzene rings is 1. The first-order valence-corrected chi connectivity index (χ1v) is 6.84. The smallest absolute Gasteiger partial charge is 0.251 e. The van der Waals surface area contributed by atoms with Crippen molar-refractivity contribution >= 4 is 27.6 Å². The summed E-state index contributed by atoms with van der Waals surface area (Å²) in [4.78, 5) is 23.5. The average Bonchev–Trinajstić information content (AvgIpc) is 2.96. The molecule has 106 valence electrons. The molecule has 0 aliphatic heterocycles. The first kappa shape index (κ1) is 12.5. The van der Waals surface area contributed by atoms with Crippen LogP contribution < -0.4 is 5.73 Å². The van der Waals surface area contributed by atoms with Gasteiger partial charge in [0.05, 0.1) is 16.8 Å². The Hall–Kier alpha value is -3.21. The molecule has 5 heteroatoms. The Morgan fingerprint density at radius 3 is 2.50 bits per heavy atom. The summed E-state index contributed by atoms with van der Waals surface area (Å²) >= 11 is 0. The molecule has 1 amide bonds. The maximum atomic E-state index is 12.0. The Morgan fingerprint density at radius 1 is 0.955 bits per heavy atom. The second-order valence-corrected chi connectivity index (χ2v) is 5.06. The maximum absolute atomic E-state index is 12.0. The van der Waals surface area contributed by atoms with Crippen molar-refractivity contribution in [3.63, 3.8) is 0 Å². The minimum Gasteiger partial charge on any atom is -0.366 e. The highest BCUT2D eigenvalue weighted by atomic mass is 16.1. The van der Waals surface area contributed by atoms with Gasteiger partial charge < -0.3 is 10.7 Å². The van der Waals surface area contributed by atoms with Crippen LogP contribution in [0.5, 0.6) is 0 Å². The predicted octanol–water partition coefficient (Wildman–Crippen LogP) is 2.88. The van der Waals surface area contributed by atoms with Gasteiger partial charge in [0.15, 0.2) is 0 Å². The van der Waals surface area contributed by atoms with Gasteiger partial charge in [0, 0.05) is 46.5 Å². The topological polar surface area (TPSA) is 84.7 Å². The standard InChI is InChI=1S/C17H12N4O/c18-17(22)14-13-2-1-11-9-20-8-5-12(11)16(13)21-15(14)10-3-6-19-7-4-10/h1-9,21H,(H2,18,22). The van der Waals surface area contributed by atoms with Gasteiger partial charge >= 0.3 is 0 Å². The van der Waals surface area contributed by atoms with Crippen LogP contribution >= 0.6 is 0 Å². The lowest BCUT2D eigenvalue weighted by Gasteiger charge is -2.00. The summed E-state index contributed by atoms with van der Waals surface area (Å²) in [6.45, 7) is 0. The number of primary amides is 1. The highest BCUT2D eigenvalue weighted by Gasteiger charge is 2.18. The number of pyridine rings is 2. The van der Waals surface area contributed by atoms with Gasteiger partial charge in [0.25, 0.3) is 5.91 Å². The molecule has 1 aromatic carbocycles. The molecular formula is C17H12N4O. The monoisotopic (exact) mass is 288 g/mol. The summed E-state index contributed by atoms with van der Waals surface area (Å²) in [7, 11) is 0. The van der Waals surface area contributed by atoms with Crippen molar-refractivity contribution in [3.05, 3.63) is 60.7 Å². The molecule has 0 atom stereocenters. The van der Waals surface area contributed by atoms with Gasteiger partial charge in [0.2, 0.25) is 0 Å². The lowest BCUT2D eigenvalue weighted by molar-refractivity contribution is 0.100. The van der Waals surface area contributed by atoms with E-state index < -0.39 is 5.91 Å². The van der Waals surface area contributed by atoms with Crippen LogP contribution in [0, 0.1) is 0 Å². The Labute approximate surface area is 125 Å². The Bertz CT molecular complexity index is 1010. The number of nitrogens with two attached hydrogens (primary N) is 1. The van der Waals surface area contributed by atoms with Crippen LogP contribution in [0.2, 0.25) is 0 Å². The van der Waals surface area contributed by atoms with E-state index in [-0.39, 0.29) is 0 Å². The summed E-state index contributed by atoms with van der Waals surface area (Å²) in [6.07, 6.45) is 6.91. The quantitative estimate of drug-likeness (QED) is 0.594. The van der Waals surface area contributed by atoms with Crippen molar-refractivity contribution in [2.75, 3.05) is 0 Å². The summed E-state index contributed by atoms with van der Waals surface area (Å²) in [5, 5.41) is 2.84. The summed E-state index contributed by atoms with van der Waals surface area (Å²) in [6, 6.07) is 9.47. The van der Waals surface area contributed by atoms with Crippen molar-refractivity contribution in [1.29, 1.82) is 0 Å². The number of aromatic amines is 1. The number of fused-ring (bicyclic) bond motifs is 3. The number of carbonyl (C=O) groups excluding carboxylic acids is 1. The number of hydrogen-bond donors (Lipinski definition) is 2. The number of H-pyrrole nitrogens is 1. The van der Waals surface area contributed by atoms with E-state index in [2.05, 4.69) is 15.0 Å². The lowest BCUT2D eigenvalue weighted by Crippen LogP contribution is -2.11. The number of hydrogen-bond acceptors (Lipinski definition) is 3. The number of rotatable bonds is 2. The molecule has 0 saturated heterocycles. The molecule has 3 heterocycles. The van der Waals surface area contributed by atoms with Gasteiger partial charge in [-0.25, -0.2) is 0 Å². The van der Waals surface area contributed by atoms with Crippen LogP contribution in [0.15, 0.2) is 55.1 Å². The molecule has 5 nitrogen and oxygen atoms in total. The highest BCUT2D eigenvalue weighted by molar-refractivity contribution is 6.17. The van der Waals surface area contributed by atoms with Crippen LogP contribution in [0.4, 0.5) is 0 Å². The summed E-state index contributed by atoms with van der Waals surface area (Å²) < 4.78 is 0. The molecule has 0 radical (unpaired) electrons. The third-order valence-electron chi connectivity index (χ3n) is 3.80. The second kappa shape index (κ2) is 4.66. The van der Waals surface area contributed by atoms with Crippen molar-refractivity contribution in [2.24, 2.45) is 5.73 Å². The molecule has 0 bridgehead atoms. The molecule has 0 saturated carbocycles. The second-order valence-electron chi connectivity index (χ2n) is 5.06. The molecule has 0 unspecified atom stereocenters. The average molecular weight is 288 g/mol. The molecule has 3 N–H and O–H groups in total. The molecule has 0 spiro atoms.